The van der Waals surface area contributed by atoms with E-state index in [0.717, 1.165) is 15.2 Å². The number of nitrogens with zero attached hydrogens (tertiary/aromatic N) is 1. The minimum absolute atomic E-state index is 0.0468. The van der Waals surface area contributed by atoms with Gasteiger partial charge in [-0.1, -0.05) is 12.1 Å². The van der Waals surface area contributed by atoms with Gasteiger partial charge >= 0.3 is 5.97 Å². The van der Waals surface area contributed by atoms with Crippen molar-refractivity contribution in [3.05, 3.63) is 29.3 Å². The molecule has 1 fully saturated rings. The first-order valence-corrected chi connectivity index (χ1v) is 11.0. The SMILES string of the molecule is O=C(COC(=O)CCCc1nc2ccccc2s1)NC1CCS(=O)(=O)C1. The highest BCUT2D eigenvalue weighted by Crippen LogP contribution is 2.22. The molecule has 1 atom stereocenters. The second-order valence-corrected chi connectivity index (χ2v) is 9.60. The Balaban J connectivity index is 1.34. The topological polar surface area (TPSA) is 102 Å². The Morgan fingerprint density at radius 3 is 2.85 bits per heavy atom. The van der Waals surface area contributed by atoms with Crippen molar-refractivity contribution in [1.82, 2.24) is 10.3 Å². The zero-order valence-electron chi connectivity index (χ0n) is 14.1. The Kier molecular flexibility index (Phi) is 5.87. The monoisotopic (exact) mass is 396 g/mol. The molecule has 140 valence electrons. The normalized spacial score (nSPS) is 18.7. The van der Waals surface area contributed by atoms with E-state index in [1.165, 1.54) is 0 Å². The number of thiazole rings is 1. The van der Waals surface area contributed by atoms with Crippen molar-refractivity contribution in [2.24, 2.45) is 0 Å². The summed E-state index contributed by atoms with van der Waals surface area (Å²) in [5.41, 5.74) is 0.959. The first kappa shape index (κ1) is 18.8. The van der Waals surface area contributed by atoms with Crippen molar-refractivity contribution in [2.45, 2.75) is 31.7 Å². The van der Waals surface area contributed by atoms with Gasteiger partial charge in [0, 0.05) is 12.5 Å². The van der Waals surface area contributed by atoms with Crippen molar-refractivity contribution in [3.8, 4) is 0 Å². The van der Waals surface area contributed by atoms with Gasteiger partial charge in [-0.3, -0.25) is 9.59 Å². The van der Waals surface area contributed by atoms with E-state index in [1.54, 1.807) is 11.3 Å². The lowest BCUT2D eigenvalue weighted by molar-refractivity contribution is -0.148. The Hall–Kier alpha value is -2.00. The smallest absolute Gasteiger partial charge is 0.306 e. The maximum atomic E-state index is 11.7. The number of aryl methyl sites for hydroxylation is 1. The van der Waals surface area contributed by atoms with E-state index in [-0.39, 0.29) is 30.6 Å². The summed E-state index contributed by atoms with van der Waals surface area (Å²) >= 11 is 1.61. The average molecular weight is 396 g/mol. The molecule has 7 nitrogen and oxygen atoms in total. The highest BCUT2D eigenvalue weighted by atomic mass is 32.2. The van der Waals surface area contributed by atoms with E-state index in [9.17, 15) is 18.0 Å². The molecule has 26 heavy (non-hydrogen) atoms. The molecule has 1 aliphatic heterocycles. The molecule has 1 aromatic carbocycles. The summed E-state index contributed by atoms with van der Waals surface area (Å²) in [6, 6.07) is 7.49. The fourth-order valence-corrected chi connectivity index (χ4v) is 5.49. The van der Waals surface area contributed by atoms with Gasteiger partial charge in [0.1, 0.15) is 0 Å². The van der Waals surface area contributed by atoms with Crippen LogP contribution >= 0.6 is 11.3 Å². The molecule has 0 aliphatic carbocycles. The van der Waals surface area contributed by atoms with Gasteiger partial charge < -0.3 is 10.1 Å². The van der Waals surface area contributed by atoms with Crippen LogP contribution < -0.4 is 5.32 Å². The third-order valence-electron chi connectivity index (χ3n) is 4.07. The van der Waals surface area contributed by atoms with Gasteiger partial charge in [-0.25, -0.2) is 13.4 Å². The molecule has 2 aromatic rings. The van der Waals surface area contributed by atoms with Gasteiger partial charge in [0.05, 0.1) is 26.7 Å². The lowest BCUT2D eigenvalue weighted by atomic mass is 10.2. The molecule has 1 saturated heterocycles. The number of esters is 1. The molecule has 1 aliphatic rings. The number of rotatable bonds is 7. The first-order valence-electron chi connectivity index (χ1n) is 8.41. The van der Waals surface area contributed by atoms with Crippen LogP contribution in [0.4, 0.5) is 0 Å². The quantitative estimate of drug-likeness (QED) is 0.711. The molecule has 0 spiro atoms. The number of carbonyl (C=O) groups excluding carboxylic acids is 2. The second-order valence-electron chi connectivity index (χ2n) is 6.26. The van der Waals surface area contributed by atoms with Crippen LogP contribution in [0, 0.1) is 0 Å². The number of sulfone groups is 1. The molecule has 1 aromatic heterocycles. The molecule has 9 heteroatoms. The van der Waals surface area contributed by atoms with E-state index in [0.29, 0.717) is 19.3 Å². The number of ether oxygens (including phenoxy) is 1. The highest BCUT2D eigenvalue weighted by molar-refractivity contribution is 7.91. The average Bonchev–Trinajstić information content (AvgIpc) is 3.15. The third kappa shape index (κ3) is 5.25. The zero-order valence-corrected chi connectivity index (χ0v) is 15.8. The summed E-state index contributed by atoms with van der Waals surface area (Å²) < 4.78 is 28.7. The molecule has 2 heterocycles. The van der Waals surface area contributed by atoms with Crippen LogP contribution in [0.5, 0.6) is 0 Å². The number of carbonyl (C=O) groups is 2. The molecular weight excluding hydrogens is 376 g/mol. The Morgan fingerprint density at radius 2 is 2.12 bits per heavy atom. The van der Waals surface area contributed by atoms with Crippen molar-refractivity contribution in [3.63, 3.8) is 0 Å². The van der Waals surface area contributed by atoms with Crippen LogP contribution in [0.25, 0.3) is 10.2 Å². The summed E-state index contributed by atoms with van der Waals surface area (Å²) in [5.74, 6) is -0.870. The molecule has 1 unspecified atom stereocenters. The molecule has 3 rings (SSSR count). The minimum atomic E-state index is -3.05. The van der Waals surface area contributed by atoms with Gasteiger partial charge in [0.25, 0.3) is 5.91 Å². The van der Waals surface area contributed by atoms with Gasteiger partial charge in [-0.05, 0) is 31.4 Å². The summed E-state index contributed by atoms with van der Waals surface area (Å²) in [7, 11) is -3.05. The number of hydrogen-bond donors (Lipinski definition) is 1. The van der Waals surface area contributed by atoms with Crippen LogP contribution in [0.2, 0.25) is 0 Å². The molecule has 1 N–H and O–H groups in total. The Labute approximate surface area is 155 Å². The second kappa shape index (κ2) is 8.13. The van der Waals surface area contributed by atoms with Gasteiger partial charge in [-0.2, -0.15) is 0 Å². The molecular formula is C17H20N2O5S2. The van der Waals surface area contributed by atoms with Crippen LogP contribution in [-0.4, -0.2) is 49.4 Å². The third-order valence-corrected chi connectivity index (χ3v) is 6.94. The summed E-state index contributed by atoms with van der Waals surface area (Å²) in [6.07, 6.45) is 1.90. The maximum Gasteiger partial charge on any atom is 0.306 e. The van der Waals surface area contributed by atoms with Gasteiger partial charge in [-0.15, -0.1) is 11.3 Å². The van der Waals surface area contributed by atoms with Crippen LogP contribution in [0.1, 0.15) is 24.3 Å². The predicted molar refractivity (Wildman–Crippen MR) is 98.7 cm³/mol. The number of nitrogens with one attached hydrogen (secondary N) is 1. The summed E-state index contributed by atoms with van der Waals surface area (Å²) in [5, 5.41) is 3.55. The molecule has 0 bridgehead atoms. The summed E-state index contributed by atoms with van der Waals surface area (Å²) in [4.78, 5) is 28.0. The number of para-hydroxylation sites is 1. The van der Waals surface area contributed by atoms with Crippen molar-refractivity contribution >= 4 is 43.3 Å². The van der Waals surface area contributed by atoms with Gasteiger partial charge in [0.2, 0.25) is 0 Å². The van der Waals surface area contributed by atoms with E-state index in [4.69, 9.17) is 4.74 Å². The fraction of sp³-hybridized carbons (Fsp3) is 0.471. The lowest BCUT2D eigenvalue weighted by Gasteiger charge is -2.10. The van der Waals surface area contributed by atoms with E-state index >= 15 is 0 Å². The predicted octanol–water partition coefficient (Wildman–Crippen LogP) is 1.47. The van der Waals surface area contributed by atoms with E-state index < -0.39 is 21.7 Å². The van der Waals surface area contributed by atoms with Crippen LogP contribution in [0.3, 0.4) is 0 Å². The maximum absolute atomic E-state index is 11.7. The number of benzene rings is 1. The van der Waals surface area contributed by atoms with Crippen LogP contribution in [-0.2, 0) is 30.6 Å². The van der Waals surface area contributed by atoms with E-state index in [1.807, 2.05) is 24.3 Å². The highest BCUT2D eigenvalue weighted by Gasteiger charge is 2.28. The zero-order chi connectivity index (χ0) is 18.6. The number of fused-ring (bicyclic) bond motifs is 1. The van der Waals surface area contributed by atoms with E-state index in [2.05, 4.69) is 10.3 Å². The number of hydrogen-bond acceptors (Lipinski definition) is 7. The minimum Gasteiger partial charge on any atom is -0.456 e. The number of aromatic nitrogens is 1. The first-order chi connectivity index (χ1) is 12.4. The molecule has 1 amide bonds. The number of amides is 1. The van der Waals surface area contributed by atoms with Crippen molar-refractivity contribution in [2.75, 3.05) is 18.1 Å². The Morgan fingerprint density at radius 1 is 1.31 bits per heavy atom. The lowest BCUT2D eigenvalue weighted by Crippen LogP contribution is -2.38. The molecule has 0 radical (unpaired) electrons. The Bertz CT molecular complexity index is 874. The summed E-state index contributed by atoms with van der Waals surface area (Å²) in [6.45, 7) is -0.378. The van der Waals surface area contributed by atoms with Gasteiger partial charge in [0.15, 0.2) is 16.4 Å². The standard InChI is InChI=1S/C17H20N2O5S2/c20-15(18-12-8-9-26(22,23)11-12)10-24-17(21)7-3-6-16-19-13-4-1-2-5-14(13)25-16/h1-2,4-5,12H,3,6-11H2,(H,18,20). The largest absolute Gasteiger partial charge is 0.456 e. The molecule has 0 saturated carbocycles. The van der Waals surface area contributed by atoms with Crippen LogP contribution in [0.15, 0.2) is 24.3 Å². The van der Waals surface area contributed by atoms with Crippen molar-refractivity contribution in [1.29, 1.82) is 0 Å². The fourth-order valence-electron chi connectivity index (χ4n) is 2.81. The van der Waals surface area contributed by atoms with Crippen molar-refractivity contribution < 1.29 is 22.7 Å².